The number of hydrogen-bond acceptors (Lipinski definition) is 5. The van der Waals surface area contributed by atoms with Gasteiger partial charge in [0, 0.05) is 45.0 Å². The average Bonchev–Trinajstić information content (AvgIpc) is 2.63. The van der Waals surface area contributed by atoms with E-state index in [1.165, 1.54) is 19.3 Å². The Morgan fingerprint density at radius 2 is 1.64 bits per heavy atom. The van der Waals surface area contributed by atoms with E-state index >= 15 is 0 Å². The Balaban J connectivity index is 0.00000156. The summed E-state index contributed by atoms with van der Waals surface area (Å²) in [7, 11) is 0. The number of anilines is 1. The molecule has 0 radical (unpaired) electrons. The van der Waals surface area contributed by atoms with E-state index in [9.17, 15) is 4.79 Å². The third-order valence-corrected chi connectivity index (χ3v) is 5.34. The molecular formula is C17H29Cl2N5O. The van der Waals surface area contributed by atoms with Crippen LogP contribution in [0.1, 0.15) is 38.5 Å². The molecule has 1 amide bonds. The van der Waals surface area contributed by atoms with E-state index in [-0.39, 0.29) is 36.1 Å². The van der Waals surface area contributed by atoms with Gasteiger partial charge >= 0.3 is 0 Å². The van der Waals surface area contributed by atoms with Crippen LogP contribution < -0.4 is 10.6 Å². The van der Waals surface area contributed by atoms with Gasteiger partial charge in [0.25, 0.3) is 0 Å². The van der Waals surface area contributed by atoms with Crippen LogP contribution in [0.25, 0.3) is 0 Å². The lowest BCUT2D eigenvalue weighted by Gasteiger charge is -2.39. The number of amides is 1. The monoisotopic (exact) mass is 389 g/mol. The number of aromatic nitrogens is 2. The van der Waals surface area contributed by atoms with Crippen molar-refractivity contribution in [3.8, 4) is 0 Å². The number of halogens is 2. The standard InChI is InChI=1S/C17H27N5O.2ClH/c18-14-17(5-2-1-3-6-17)13-15(23)21-9-11-22(12-10-21)16-19-7-4-8-20-16;;/h4,7-8H,1-3,5-6,9-14,18H2;2*1H. The molecule has 2 fully saturated rings. The maximum atomic E-state index is 12.7. The lowest BCUT2D eigenvalue weighted by Crippen LogP contribution is -2.50. The van der Waals surface area contributed by atoms with E-state index in [0.29, 0.717) is 13.0 Å². The first kappa shape index (κ1) is 21.9. The first-order valence-electron chi connectivity index (χ1n) is 8.72. The van der Waals surface area contributed by atoms with Gasteiger partial charge in [-0.3, -0.25) is 4.79 Å². The summed E-state index contributed by atoms with van der Waals surface area (Å²) >= 11 is 0. The first-order chi connectivity index (χ1) is 11.2. The van der Waals surface area contributed by atoms with Crippen molar-refractivity contribution in [3.05, 3.63) is 18.5 Å². The Hall–Kier alpha value is -1.11. The summed E-state index contributed by atoms with van der Waals surface area (Å²) in [5, 5.41) is 0. The quantitative estimate of drug-likeness (QED) is 0.854. The van der Waals surface area contributed by atoms with Gasteiger partial charge in [-0.05, 0) is 30.9 Å². The molecule has 2 N–H and O–H groups in total. The van der Waals surface area contributed by atoms with E-state index in [1.54, 1.807) is 12.4 Å². The molecular weight excluding hydrogens is 361 g/mol. The highest BCUT2D eigenvalue weighted by Crippen LogP contribution is 2.38. The van der Waals surface area contributed by atoms with Crippen LogP contribution in [-0.2, 0) is 4.79 Å². The van der Waals surface area contributed by atoms with E-state index < -0.39 is 0 Å². The molecule has 0 atom stereocenters. The van der Waals surface area contributed by atoms with Crippen molar-refractivity contribution < 1.29 is 4.79 Å². The Bertz CT molecular complexity index is 517. The highest BCUT2D eigenvalue weighted by Gasteiger charge is 2.35. The minimum absolute atomic E-state index is 0. The van der Waals surface area contributed by atoms with Crippen LogP contribution >= 0.6 is 24.8 Å². The van der Waals surface area contributed by atoms with Gasteiger partial charge in [0.1, 0.15) is 0 Å². The summed E-state index contributed by atoms with van der Waals surface area (Å²) in [6.45, 7) is 3.72. The molecule has 1 saturated carbocycles. The summed E-state index contributed by atoms with van der Waals surface area (Å²) in [4.78, 5) is 25.4. The molecule has 1 aromatic rings. The summed E-state index contributed by atoms with van der Waals surface area (Å²) in [5.41, 5.74) is 6.07. The maximum absolute atomic E-state index is 12.7. The molecule has 1 aromatic heterocycles. The van der Waals surface area contributed by atoms with Crippen molar-refractivity contribution in [2.75, 3.05) is 37.6 Å². The molecule has 1 saturated heterocycles. The van der Waals surface area contributed by atoms with E-state index in [0.717, 1.165) is 45.0 Å². The topological polar surface area (TPSA) is 75.4 Å². The molecule has 0 bridgehead atoms. The van der Waals surface area contributed by atoms with Gasteiger partial charge in [-0.2, -0.15) is 0 Å². The van der Waals surface area contributed by atoms with Crippen molar-refractivity contribution in [3.63, 3.8) is 0 Å². The third kappa shape index (κ3) is 5.43. The second-order valence-corrected chi connectivity index (χ2v) is 6.86. The number of hydrogen-bond donors (Lipinski definition) is 1. The number of piperazine rings is 1. The number of rotatable bonds is 4. The molecule has 1 aliphatic carbocycles. The highest BCUT2D eigenvalue weighted by atomic mass is 35.5. The van der Waals surface area contributed by atoms with Gasteiger partial charge in [-0.15, -0.1) is 24.8 Å². The van der Waals surface area contributed by atoms with Gasteiger partial charge < -0.3 is 15.5 Å². The Morgan fingerprint density at radius 3 is 2.20 bits per heavy atom. The molecule has 25 heavy (non-hydrogen) atoms. The van der Waals surface area contributed by atoms with Gasteiger partial charge in [0.2, 0.25) is 11.9 Å². The van der Waals surface area contributed by atoms with E-state index in [2.05, 4.69) is 14.9 Å². The first-order valence-corrected chi connectivity index (χ1v) is 8.72. The van der Waals surface area contributed by atoms with Crippen LogP contribution in [0.15, 0.2) is 18.5 Å². The van der Waals surface area contributed by atoms with Crippen LogP contribution in [0, 0.1) is 5.41 Å². The SMILES string of the molecule is Cl.Cl.NCC1(CC(=O)N2CCN(c3ncccn3)CC2)CCCCC1. The van der Waals surface area contributed by atoms with Crippen LogP contribution in [-0.4, -0.2) is 53.5 Å². The lowest BCUT2D eigenvalue weighted by molar-refractivity contribution is -0.134. The molecule has 0 unspecified atom stereocenters. The summed E-state index contributed by atoms with van der Waals surface area (Å²) in [6, 6.07) is 1.82. The average molecular weight is 390 g/mol. The molecule has 8 heteroatoms. The molecule has 0 spiro atoms. The molecule has 1 aliphatic heterocycles. The van der Waals surface area contributed by atoms with Crippen LogP contribution in [0.5, 0.6) is 0 Å². The fourth-order valence-corrected chi connectivity index (χ4v) is 3.80. The highest BCUT2D eigenvalue weighted by molar-refractivity contribution is 5.85. The van der Waals surface area contributed by atoms with Crippen molar-refractivity contribution >= 4 is 36.7 Å². The zero-order valence-electron chi connectivity index (χ0n) is 14.6. The van der Waals surface area contributed by atoms with Crippen molar-refractivity contribution in [2.45, 2.75) is 38.5 Å². The lowest BCUT2D eigenvalue weighted by atomic mass is 9.71. The minimum atomic E-state index is 0. The largest absolute Gasteiger partial charge is 0.339 e. The van der Waals surface area contributed by atoms with Crippen LogP contribution in [0.4, 0.5) is 5.95 Å². The number of carbonyl (C=O) groups excluding carboxylic acids is 1. The molecule has 2 aliphatic rings. The Labute approximate surface area is 162 Å². The Morgan fingerprint density at radius 1 is 1.04 bits per heavy atom. The smallest absolute Gasteiger partial charge is 0.225 e. The molecule has 3 rings (SSSR count). The van der Waals surface area contributed by atoms with Crippen molar-refractivity contribution in [2.24, 2.45) is 11.1 Å². The third-order valence-electron chi connectivity index (χ3n) is 5.34. The van der Waals surface area contributed by atoms with E-state index in [4.69, 9.17) is 5.73 Å². The van der Waals surface area contributed by atoms with Crippen molar-refractivity contribution in [1.82, 2.24) is 14.9 Å². The maximum Gasteiger partial charge on any atom is 0.225 e. The molecule has 6 nitrogen and oxygen atoms in total. The second kappa shape index (κ2) is 10.1. The predicted octanol–water partition coefficient (Wildman–Crippen LogP) is 2.27. The van der Waals surface area contributed by atoms with Gasteiger partial charge in [0.05, 0.1) is 0 Å². The zero-order chi connectivity index (χ0) is 16.1. The van der Waals surface area contributed by atoms with Gasteiger partial charge in [-0.1, -0.05) is 19.3 Å². The number of nitrogens with two attached hydrogens (primary N) is 1. The van der Waals surface area contributed by atoms with Crippen LogP contribution in [0.3, 0.4) is 0 Å². The van der Waals surface area contributed by atoms with Crippen LogP contribution in [0.2, 0.25) is 0 Å². The second-order valence-electron chi connectivity index (χ2n) is 6.86. The van der Waals surface area contributed by atoms with Gasteiger partial charge in [0.15, 0.2) is 0 Å². The Kier molecular flexibility index (Phi) is 8.89. The molecule has 0 aromatic carbocycles. The van der Waals surface area contributed by atoms with Gasteiger partial charge in [-0.25, -0.2) is 9.97 Å². The minimum Gasteiger partial charge on any atom is -0.339 e. The number of nitrogens with zero attached hydrogens (tertiary/aromatic N) is 4. The number of carbonyl (C=O) groups is 1. The van der Waals surface area contributed by atoms with E-state index in [1.807, 2.05) is 11.0 Å². The summed E-state index contributed by atoms with van der Waals surface area (Å²) < 4.78 is 0. The molecule has 2 heterocycles. The molecule has 142 valence electrons. The summed E-state index contributed by atoms with van der Waals surface area (Å²) in [6.07, 6.45) is 10.0. The fraction of sp³-hybridized carbons (Fsp3) is 0.706. The summed E-state index contributed by atoms with van der Waals surface area (Å²) in [5.74, 6) is 1.02. The predicted molar refractivity (Wildman–Crippen MR) is 105 cm³/mol. The zero-order valence-corrected chi connectivity index (χ0v) is 16.2. The van der Waals surface area contributed by atoms with Crippen molar-refractivity contribution in [1.29, 1.82) is 0 Å². The fourth-order valence-electron chi connectivity index (χ4n) is 3.80. The normalized spacial score (nSPS) is 19.6.